The zero-order valence-corrected chi connectivity index (χ0v) is 23.3. The molecule has 0 spiro atoms. The second kappa shape index (κ2) is 15.9. The number of allylic oxidation sites excluding steroid dienone is 1. The van der Waals surface area contributed by atoms with E-state index in [0.29, 0.717) is 37.0 Å². The molecule has 6 nitrogen and oxygen atoms in total. The van der Waals surface area contributed by atoms with Gasteiger partial charge in [-0.25, -0.2) is 14.0 Å². The standard InChI is InChI=1S/C29H32FIO6/c1-20(2)28(32)36-16-6-14-34-26-12-10-22(18-24(26)30)8-5-9-23-11-13-27(25(31)19-23)35-15-7-17-37-29(33)21(3)4/h5,8,10-13,18-19H,1,3,6-7,9,14-17H2,2,4H3/b8-5+. The van der Waals surface area contributed by atoms with E-state index in [1.54, 1.807) is 26.0 Å². The first-order chi connectivity index (χ1) is 17.7. The van der Waals surface area contributed by atoms with Crippen LogP contribution in [0.4, 0.5) is 4.39 Å². The molecule has 0 amide bonds. The lowest BCUT2D eigenvalue weighted by molar-refractivity contribution is -0.140. The molecule has 0 aliphatic carbocycles. The molecule has 0 heterocycles. The van der Waals surface area contributed by atoms with Gasteiger partial charge in [0, 0.05) is 24.0 Å². The molecule has 0 saturated heterocycles. The van der Waals surface area contributed by atoms with Crippen molar-refractivity contribution in [2.24, 2.45) is 0 Å². The monoisotopic (exact) mass is 622 g/mol. The number of benzene rings is 2. The highest BCUT2D eigenvalue weighted by atomic mass is 127. The molecule has 2 rings (SSSR count). The molecule has 0 atom stereocenters. The maximum absolute atomic E-state index is 14.4. The first kappa shape index (κ1) is 30.1. The van der Waals surface area contributed by atoms with Gasteiger partial charge in [-0.15, -0.1) is 0 Å². The van der Waals surface area contributed by atoms with E-state index in [-0.39, 0.29) is 25.6 Å². The molecule has 0 unspecified atom stereocenters. The van der Waals surface area contributed by atoms with Gasteiger partial charge in [-0.05, 0) is 78.3 Å². The predicted octanol–water partition coefficient (Wildman–Crippen LogP) is 6.46. The van der Waals surface area contributed by atoms with Crippen LogP contribution in [0.1, 0.15) is 37.8 Å². The summed E-state index contributed by atoms with van der Waals surface area (Å²) in [6.45, 7) is 11.4. The quantitative estimate of drug-likeness (QED) is 0.0983. The van der Waals surface area contributed by atoms with Crippen molar-refractivity contribution in [3.05, 3.63) is 87.3 Å². The van der Waals surface area contributed by atoms with Gasteiger partial charge in [-0.1, -0.05) is 37.4 Å². The van der Waals surface area contributed by atoms with E-state index in [2.05, 4.69) is 35.7 Å². The highest BCUT2D eigenvalue weighted by Crippen LogP contribution is 2.23. The van der Waals surface area contributed by atoms with E-state index in [9.17, 15) is 14.0 Å². The first-order valence-corrected chi connectivity index (χ1v) is 12.9. The summed E-state index contributed by atoms with van der Waals surface area (Å²) in [6.07, 6.45) is 5.54. The van der Waals surface area contributed by atoms with Crippen LogP contribution in [0.2, 0.25) is 0 Å². The summed E-state index contributed by atoms with van der Waals surface area (Å²) >= 11 is 2.22. The number of hydrogen-bond acceptors (Lipinski definition) is 6. The fourth-order valence-corrected chi connectivity index (χ4v) is 3.65. The van der Waals surface area contributed by atoms with Gasteiger partial charge in [0.1, 0.15) is 5.75 Å². The van der Waals surface area contributed by atoms with E-state index >= 15 is 0 Å². The van der Waals surface area contributed by atoms with Crippen molar-refractivity contribution >= 4 is 40.6 Å². The summed E-state index contributed by atoms with van der Waals surface area (Å²) in [6, 6.07) is 10.7. The summed E-state index contributed by atoms with van der Waals surface area (Å²) in [5.74, 6) is -0.368. The van der Waals surface area contributed by atoms with Crippen LogP contribution >= 0.6 is 22.6 Å². The maximum Gasteiger partial charge on any atom is 0.333 e. The lowest BCUT2D eigenvalue weighted by Crippen LogP contribution is -2.09. The molecule has 0 bridgehead atoms. The molecule has 0 saturated carbocycles. The Morgan fingerprint density at radius 2 is 1.43 bits per heavy atom. The van der Waals surface area contributed by atoms with Gasteiger partial charge < -0.3 is 18.9 Å². The Labute approximate surface area is 231 Å². The zero-order chi connectivity index (χ0) is 27.2. The lowest BCUT2D eigenvalue weighted by atomic mass is 10.1. The molecule has 37 heavy (non-hydrogen) atoms. The fraction of sp³-hybridized carbons (Fsp3) is 0.310. The SMILES string of the molecule is C=C(C)C(=O)OCCCOc1ccc(/C=C/Cc2ccc(OCCCOC(=O)C(=C)C)c(I)c2)cc1F. The van der Waals surface area contributed by atoms with E-state index in [1.807, 2.05) is 30.4 Å². The topological polar surface area (TPSA) is 71.1 Å². The molecule has 0 aliphatic heterocycles. The van der Waals surface area contributed by atoms with Crippen LogP contribution in [0, 0.1) is 9.39 Å². The van der Waals surface area contributed by atoms with Crippen LogP contribution in [0.5, 0.6) is 11.5 Å². The second-order valence-corrected chi connectivity index (χ2v) is 9.46. The third-order valence-electron chi connectivity index (χ3n) is 4.87. The largest absolute Gasteiger partial charge is 0.492 e. The maximum atomic E-state index is 14.4. The number of hydrogen-bond donors (Lipinski definition) is 0. The number of esters is 2. The molecule has 2 aromatic rings. The molecular weight excluding hydrogens is 590 g/mol. The minimum atomic E-state index is -0.452. The lowest BCUT2D eigenvalue weighted by Gasteiger charge is -2.10. The Morgan fingerprint density at radius 3 is 1.97 bits per heavy atom. The fourth-order valence-electron chi connectivity index (χ4n) is 2.92. The van der Waals surface area contributed by atoms with E-state index < -0.39 is 17.8 Å². The van der Waals surface area contributed by atoms with Crippen LogP contribution in [-0.2, 0) is 25.5 Å². The molecule has 0 radical (unpaired) electrons. The minimum Gasteiger partial charge on any atom is -0.492 e. The van der Waals surface area contributed by atoms with E-state index in [1.165, 1.54) is 6.07 Å². The zero-order valence-electron chi connectivity index (χ0n) is 21.2. The van der Waals surface area contributed by atoms with Gasteiger partial charge in [0.15, 0.2) is 11.6 Å². The Hall–Kier alpha value is -3.14. The van der Waals surface area contributed by atoms with Crippen molar-refractivity contribution in [2.45, 2.75) is 33.1 Å². The van der Waals surface area contributed by atoms with Crippen molar-refractivity contribution in [3.8, 4) is 11.5 Å². The summed E-state index contributed by atoms with van der Waals surface area (Å²) in [4.78, 5) is 22.7. The first-order valence-electron chi connectivity index (χ1n) is 11.8. The van der Waals surface area contributed by atoms with Gasteiger partial charge in [0.25, 0.3) is 0 Å². The minimum absolute atomic E-state index is 0.155. The normalized spacial score (nSPS) is 10.7. The van der Waals surface area contributed by atoms with Crippen LogP contribution in [-0.4, -0.2) is 38.4 Å². The van der Waals surface area contributed by atoms with Crippen LogP contribution in [0.25, 0.3) is 6.08 Å². The Morgan fingerprint density at radius 1 is 0.865 bits per heavy atom. The third kappa shape index (κ3) is 11.2. The van der Waals surface area contributed by atoms with Crippen molar-refractivity contribution in [1.82, 2.24) is 0 Å². The smallest absolute Gasteiger partial charge is 0.333 e. The van der Waals surface area contributed by atoms with Crippen LogP contribution in [0.3, 0.4) is 0 Å². The number of carbonyl (C=O) groups excluding carboxylic acids is 2. The predicted molar refractivity (Wildman–Crippen MR) is 150 cm³/mol. The average molecular weight is 622 g/mol. The summed E-state index contributed by atoms with van der Waals surface area (Å²) in [5, 5.41) is 0. The van der Waals surface area contributed by atoms with Crippen LogP contribution < -0.4 is 9.47 Å². The molecule has 2 aromatic carbocycles. The number of halogens is 2. The molecule has 0 fully saturated rings. The van der Waals surface area contributed by atoms with Crippen molar-refractivity contribution in [3.63, 3.8) is 0 Å². The summed E-state index contributed by atoms with van der Waals surface area (Å²) in [7, 11) is 0. The highest BCUT2D eigenvalue weighted by Gasteiger charge is 2.07. The third-order valence-corrected chi connectivity index (χ3v) is 5.71. The Bertz CT molecular complexity index is 1140. The molecular formula is C29H32FIO6. The Kier molecular flexibility index (Phi) is 12.9. The summed E-state index contributed by atoms with van der Waals surface area (Å²) in [5.41, 5.74) is 2.53. The second-order valence-electron chi connectivity index (χ2n) is 8.30. The molecule has 0 aromatic heterocycles. The number of ether oxygens (including phenoxy) is 4. The van der Waals surface area contributed by atoms with Crippen molar-refractivity contribution in [1.29, 1.82) is 0 Å². The average Bonchev–Trinajstić information content (AvgIpc) is 2.85. The molecule has 0 N–H and O–H groups in total. The Balaban J connectivity index is 1.76. The van der Waals surface area contributed by atoms with E-state index in [4.69, 9.17) is 18.9 Å². The summed E-state index contributed by atoms with van der Waals surface area (Å²) < 4.78 is 36.6. The van der Waals surface area contributed by atoms with Gasteiger partial charge in [-0.3, -0.25) is 0 Å². The molecule has 0 aliphatic rings. The van der Waals surface area contributed by atoms with E-state index in [0.717, 1.165) is 20.4 Å². The van der Waals surface area contributed by atoms with Crippen molar-refractivity contribution < 1.29 is 32.9 Å². The highest BCUT2D eigenvalue weighted by molar-refractivity contribution is 14.1. The number of carbonyl (C=O) groups is 2. The van der Waals surface area contributed by atoms with Crippen molar-refractivity contribution in [2.75, 3.05) is 26.4 Å². The molecule has 8 heteroatoms. The van der Waals surface area contributed by atoms with Gasteiger partial charge in [-0.2, -0.15) is 0 Å². The van der Waals surface area contributed by atoms with Gasteiger partial charge in [0.2, 0.25) is 0 Å². The molecule has 198 valence electrons. The van der Waals surface area contributed by atoms with Gasteiger partial charge in [0.05, 0.1) is 30.0 Å². The van der Waals surface area contributed by atoms with Crippen LogP contribution in [0.15, 0.2) is 66.8 Å². The van der Waals surface area contributed by atoms with Gasteiger partial charge >= 0.3 is 11.9 Å². The number of rotatable bonds is 15.